The van der Waals surface area contributed by atoms with E-state index in [4.69, 9.17) is 32.7 Å². The SMILES string of the molecule is COc1cccc(OC)c1C(=O)N1CCN(C(=O)c2ccc(Cl)c(Cl)c2)CC1. The van der Waals surface area contributed by atoms with Crippen molar-refractivity contribution in [2.75, 3.05) is 40.4 Å². The van der Waals surface area contributed by atoms with E-state index in [2.05, 4.69) is 0 Å². The number of rotatable bonds is 4. The summed E-state index contributed by atoms with van der Waals surface area (Å²) in [6.07, 6.45) is 0. The molecule has 1 heterocycles. The van der Waals surface area contributed by atoms with E-state index in [1.165, 1.54) is 14.2 Å². The van der Waals surface area contributed by atoms with Crippen LogP contribution in [0.15, 0.2) is 36.4 Å². The molecule has 1 saturated heterocycles. The smallest absolute Gasteiger partial charge is 0.261 e. The Morgan fingerprint density at radius 3 is 1.86 bits per heavy atom. The zero-order chi connectivity index (χ0) is 20.3. The number of ether oxygens (including phenoxy) is 2. The molecule has 0 saturated carbocycles. The van der Waals surface area contributed by atoms with Gasteiger partial charge in [0.1, 0.15) is 17.1 Å². The molecule has 1 aliphatic heterocycles. The maximum atomic E-state index is 13.0. The summed E-state index contributed by atoms with van der Waals surface area (Å²) in [6.45, 7) is 1.66. The molecule has 6 nitrogen and oxygen atoms in total. The van der Waals surface area contributed by atoms with Gasteiger partial charge in [-0.25, -0.2) is 0 Å². The molecule has 0 atom stereocenters. The lowest BCUT2D eigenvalue weighted by atomic mass is 10.1. The Hall–Kier alpha value is -2.44. The Labute approximate surface area is 173 Å². The number of hydrogen-bond donors (Lipinski definition) is 0. The van der Waals surface area contributed by atoms with Crippen molar-refractivity contribution in [2.45, 2.75) is 0 Å². The predicted molar refractivity (Wildman–Crippen MR) is 108 cm³/mol. The molecule has 0 aromatic heterocycles. The molecule has 0 bridgehead atoms. The number of carbonyl (C=O) groups is 2. The van der Waals surface area contributed by atoms with E-state index in [1.807, 2.05) is 0 Å². The van der Waals surface area contributed by atoms with E-state index in [0.29, 0.717) is 58.9 Å². The first-order chi connectivity index (χ1) is 13.5. The van der Waals surface area contributed by atoms with Gasteiger partial charge in [0.05, 0.1) is 24.3 Å². The highest BCUT2D eigenvalue weighted by atomic mass is 35.5. The first-order valence-electron chi connectivity index (χ1n) is 8.71. The molecular formula is C20H20Cl2N2O4. The highest BCUT2D eigenvalue weighted by Gasteiger charge is 2.29. The topological polar surface area (TPSA) is 59.1 Å². The molecule has 0 N–H and O–H groups in total. The standard InChI is InChI=1S/C20H20Cl2N2O4/c1-27-16-4-3-5-17(28-2)18(16)20(26)24-10-8-23(9-11-24)19(25)13-6-7-14(21)15(22)12-13/h3-7,12H,8-11H2,1-2H3. The minimum atomic E-state index is -0.184. The second kappa shape index (κ2) is 8.71. The second-order valence-electron chi connectivity index (χ2n) is 6.25. The van der Waals surface area contributed by atoms with E-state index in [0.717, 1.165) is 0 Å². The molecular weight excluding hydrogens is 403 g/mol. The molecule has 0 aliphatic carbocycles. The van der Waals surface area contributed by atoms with Gasteiger partial charge in [-0.2, -0.15) is 0 Å². The van der Waals surface area contributed by atoms with E-state index < -0.39 is 0 Å². The van der Waals surface area contributed by atoms with Crippen molar-refractivity contribution < 1.29 is 19.1 Å². The van der Waals surface area contributed by atoms with Crippen LogP contribution in [-0.2, 0) is 0 Å². The zero-order valence-electron chi connectivity index (χ0n) is 15.6. The fraction of sp³-hybridized carbons (Fsp3) is 0.300. The van der Waals surface area contributed by atoms with E-state index >= 15 is 0 Å². The lowest BCUT2D eigenvalue weighted by Crippen LogP contribution is -2.50. The number of piperazine rings is 1. The van der Waals surface area contributed by atoms with Crippen LogP contribution < -0.4 is 9.47 Å². The van der Waals surface area contributed by atoms with Gasteiger partial charge >= 0.3 is 0 Å². The van der Waals surface area contributed by atoms with Crippen LogP contribution in [0.5, 0.6) is 11.5 Å². The van der Waals surface area contributed by atoms with Gasteiger partial charge in [0.25, 0.3) is 11.8 Å². The Morgan fingerprint density at radius 2 is 1.36 bits per heavy atom. The number of carbonyl (C=O) groups excluding carboxylic acids is 2. The minimum Gasteiger partial charge on any atom is -0.496 e. The Kier molecular flexibility index (Phi) is 6.31. The van der Waals surface area contributed by atoms with Crippen molar-refractivity contribution >= 4 is 35.0 Å². The summed E-state index contributed by atoms with van der Waals surface area (Å²) < 4.78 is 10.6. The third-order valence-corrected chi connectivity index (χ3v) is 5.40. The van der Waals surface area contributed by atoms with Gasteiger partial charge in [0.15, 0.2) is 0 Å². The average Bonchev–Trinajstić information content (AvgIpc) is 2.74. The molecule has 3 rings (SSSR count). The summed E-state index contributed by atoms with van der Waals surface area (Å²) >= 11 is 11.9. The molecule has 2 aromatic rings. The molecule has 2 amide bonds. The largest absolute Gasteiger partial charge is 0.496 e. The van der Waals surface area contributed by atoms with Gasteiger partial charge in [-0.15, -0.1) is 0 Å². The average molecular weight is 423 g/mol. The summed E-state index contributed by atoms with van der Waals surface area (Å²) in [5.74, 6) is 0.591. The first-order valence-corrected chi connectivity index (χ1v) is 9.46. The number of hydrogen-bond acceptors (Lipinski definition) is 4. The zero-order valence-corrected chi connectivity index (χ0v) is 17.1. The van der Waals surface area contributed by atoms with Gasteiger partial charge < -0.3 is 19.3 Å². The van der Waals surface area contributed by atoms with Crippen molar-refractivity contribution in [3.05, 3.63) is 57.6 Å². The molecule has 1 fully saturated rings. The lowest BCUT2D eigenvalue weighted by Gasteiger charge is -2.35. The fourth-order valence-electron chi connectivity index (χ4n) is 3.14. The molecule has 0 unspecified atom stereocenters. The number of nitrogens with zero attached hydrogens (tertiary/aromatic N) is 2. The summed E-state index contributed by atoms with van der Waals surface area (Å²) in [7, 11) is 3.03. The van der Waals surface area contributed by atoms with Crippen LogP contribution in [0.2, 0.25) is 10.0 Å². The van der Waals surface area contributed by atoms with Crippen LogP contribution in [0.3, 0.4) is 0 Å². The predicted octanol–water partition coefficient (Wildman–Crippen LogP) is 3.61. The second-order valence-corrected chi connectivity index (χ2v) is 7.07. The van der Waals surface area contributed by atoms with E-state index in [-0.39, 0.29) is 11.8 Å². The molecule has 148 valence electrons. The van der Waals surface area contributed by atoms with Crippen molar-refractivity contribution in [1.29, 1.82) is 0 Å². The summed E-state index contributed by atoms with van der Waals surface area (Å²) in [4.78, 5) is 29.1. The van der Waals surface area contributed by atoms with Crippen LogP contribution in [-0.4, -0.2) is 62.0 Å². The molecule has 1 aliphatic rings. The van der Waals surface area contributed by atoms with Crippen LogP contribution in [0.4, 0.5) is 0 Å². The minimum absolute atomic E-state index is 0.138. The maximum Gasteiger partial charge on any atom is 0.261 e. The number of methoxy groups -OCH3 is 2. The van der Waals surface area contributed by atoms with Crippen LogP contribution >= 0.6 is 23.2 Å². The maximum absolute atomic E-state index is 13.0. The lowest BCUT2D eigenvalue weighted by molar-refractivity contribution is 0.0531. The van der Waals surface area contributed by atoms with E-state index in [1.54, 1.807) is 46.2 Å². The van der Waals surface area contributed by atoms with Gasteiger partial charge in [-0.1, -0.05) is 29.3 Å². The van der Waals surface area contributed by atoms with Crippen molar-refractivity contribution in [3.8, 4) is 11.5 Å². The monoisotopic (exact) mass is 422 g/mol. The Balaban J connectivity index is 1.71. The molecule has 8 heteroatoms. The fourth-order valence-corrected chi connectivity index (χ4v) is 3.44. The Morgan fingerprint density at radius 1 is 0.821 bits per heavy atom. The third-order valence-electron chi connectivity index (χ3n) is 4.66. The summed E-state index contributed by atoms with van der Waals surface area (Å²) in [6, 6.07) is 10.0. The van der Waals surface area contributed by atoms with Gasteiger partial charge in [-0.05, 0) is 30.3 Å². The van der Waals surface area contributed by atoms with E-state index in [9.17, 15) is 9.59 Å². The number of benzene rings is 2. The molecule has 28 heavy (non-hydrogen) atoms. The Bertz CT molecular complexity index is 874. The van der Waals surface area contributed by atoms with Crippen LogP contribution in [0, 0.1) is 0 Å². The third kappa shape index (κ3) is 4.03. The number of halogens is 2. The van der Waals surface area contributed by atoms with Crippen LogP contribution in [0.25, 0.3) is 0 Å². The molecule has 0 radical (unpaired) electrons. The highest BCUT2D eigenvalue weighted by molar-refractivity contribution is 6.42. The normalized spacial score (nSPS) is 14.0. The summed E-state index contributed by atoms with van der Waals surface area (Å²) in [5.41, 5.74) is 0.859. The van der Waals surface area contributed by atoms with Crippen LogP contribution in [0.1, 0.15) is 20.7 Å². The van der Waals surface area contributed by atoms with Crippen molar-refractivity contribution in [3.63, 3.8) is 0 Å². The number of amides is 2. The highest BCUT2D eigenvalue weighted by Crippen LogP contribution is 2.30. The quantitative estimate of drug-likeness (QED) is 0.754. The van der Waals surface area contributed by atoms with Crippen molar-refractivity contribution in [1.82, 2.24) is 9.80 Å². The molecule has 2 aromatic carbocycles. The van der Waals surface area contributed by atoms with Gasteiger partial charge in [0, 0.05) is 31.7 Å². The van der Waals surface area contributed by atoms with Gasteiger partial charge in [0.2, 0.25) is 0 Å². The van der Waals surface area contributed by atoms with Gasteiger partial charge in [-0.3, -0.25) is 9.59 Å². The molecule has 0 spiro atoms. The van der Waals surface area contributed by atoms with Crippen molar-refractivity contribution in [2.24, 2.45) is 0 Å². The first kappa shape index (κ1) is 20.3. The summed E-state index contributed by atoms with van der Waals surface area (Å²) in [5, 5.41) is 0.740.